The molecule has 4 atom stereocenters. The summed E-state index contributed by atoms with van der Waals surface area (Å²) in [7, 11) is 0. The lowest BCUT2D eigenvalue weighted by molar-refractivity contribution is -0.385. The number of allylic oxidation sites excluding steroid dienone is 2. The third-order valence-electron chi connectivity index (χ3n) is 4.86. The van der Waals surface area contributed by atoms with E-state index in [1.165, 1.54) is 0 Å². The summed E-state index contributed by atoms with van der Waals surface area (Å²) in [5.41, 5.74) is -0.522. The van der Waals surface area contributed by atoms with Gasteiger partial charge in [0.05, 0.1) is 22.4 Å². The molecule has 1 aliphatic heterocycles. The summed E-state index contributed by atoms with van der Waals surface area (Å²) in [6.07, 6.45) is 4.69. The first kappa shape index (κ1) is 13.0. The van der Waals surface area contributed by atoms with E-state index in [0.29, 0.717) is 0 Å². The minimum Gasteiger partial charge on any atom is -0.871 e. The zero-order valence-corrected chi connectivity index (χ0v) is 11.3. The molecule has 1 aromatic carbocycles. The second kappa shape index (κ2) is 4.16. The Morgan fingerprint density at radius 2 is 1.68 bits per heavy atom. The molecule has 112 valence electrons. The molecule has 1 saturated carbocycles. The molecule has 22 heavy (non-hydrogen) atoms. The number of rotatable bonds is 2. The molecule has 2 amide bonds. The summed E-state index contributed by atoms with van der Waals surface area (Å²) >= 11 is 0. The Hall–Kier alpha value is -2.70. The number of nitro benzene ring substituents is 1. The van der Waals surface area contributed by atoms with Gasteiger partial charge >= 0.3 is 0 Å². The van der Waals surface area contributed by atoms with Gasteiger partial charge in [-0.1, -0.05) is 24.0 Å². The third kappa shape index (κ3) is 1.50. The van der Waals surface area contributed by atoms with E-state index in [4.69, 9.17) is 0 Å². The molecule has 2 bridgehead atoms. The van der Waals surface area contributed by atoms with Crippen LogP contribution in [0.3, 0.4) is 0 Å². The van der Waals surface area contributed by atoms with E-state index in [1.807, 2.05) is 12.2 Å². The number of imide groups is 1. The van der Waals surface area contributed by atoms with Gasteiger partial charge in [-0.3, -0.25) is 24.6 Å². The Morgan fingerprint density at radius 3 is 2.23 bits per heavy atom. The molecule has 0 spiro atoms. The van der Waals surface area contributed by atoms with E-state index >= 15 is 0 Å². The zero-order chi connectivity index (χ0) is 15.6. The van der Waals surface area contributed by atoms with Crippen LogP contribution in [0, 0.1) is 33.8 Å². The van der Waals surface area contributed by atoms with Crippen molar-refractivity contribution < 1.29 is 19.6 Å². The molecule has 1 heterocycles. The van der Waals surface area contributed by atoms with Crippen LogP contribution in [0.2, 0.25) is 0 Å². The Balaban J connectivity index is 1.79. The van der Waals surface area contributed by atoms with Gasteiger partial charge in [-0.15, -0.1) is 0 Å². The molecule has 0 radical (unpaired) electrons. The normalized spacial score (nSPS) is 31.9. The summed E-state index contributed by atoms with van der Waals surface area (Å²) in [5, 5.41) is 22.8. The largest absolute Gasteiger partial charge is 0.871 e. The second-order valence-corrected chi connectivity index (χ2v) is 5.92. The molecule has 7 nitrogen and oxygen atoms in total. The van der Waals surface area contributed by atoms with Gasteiger partial charge in [-0.2, -0.15) is 0 Å². The average Bonchev–Trinajstić information content (AvgIpc) is 3.14. The minimum atomic E-state index is -0.653. The Bertz CT molecular complexity index is 726. The molecule has 7 heteroatoms. The van der Waals surface area contributed by atoms with Crippen molar-refractivity contribution in [3.8, 4) is 5.75 Å². The highest BCUT2D eigenvalue weighted by molar-refractivity contribution is 6.23. The predicted molar refractivity (Wildman–Crippen MR) is 72.8 cm³/mol. The van der Waals surface area contributed by atoms with Gasteiger partial charge in [0, 0.05) is 12.1 Å². The molecule has 1 saturated heterocycles. The van der Waals surface area contributed by atoms with Crippen LogP contribution >= 0.6 is 0 Å². The first-order chi connectivity index (χ1) is 10.5. The molecule has 4 rings (SSSR count). The molecule has 2 fully saturated rings. The number of carbonyl (C=O) groups is 2. The Morgan fingerprint density at radius 1 is 1.09 bits per heavy atom. The maximum atomic E-state index is 12.6. The first-order valence-corrected chi connectivity index (χ1v) is 7.00. The summed E-state index contributed by atoms with van der Waals surface area (Å²) < 4.78 is 0. The van der Waals surface area contributed by atoms with Crippen LogP contribution in [0.4, 0.5) is 11.4 Å². The molecular weight excluding hydrogens is 288 g/mol. The maximum Gasteiger partial charge on any atom is 0.271 e. The number of fused-ring (bicyclic) bond motifs is 5. The van der Waals surface area contributed by atoms with E-state index < -0.39 is 34.3 Å². The number of carbonyl (C=O) groups excluding carboxylic acids is 2. The maximum absolute atomic E-state index is 12.6. The van der Waals surface area contributed by atoms with Crippen LogP contribution in [-0.2, 0) is 9.59 Å². The standard InChI is InChI=1S/C15H12N2O5/c18-11-4-3-9(17(21)22)6-10(11)16-14(19)12-7-1-2-8(5-7)13(12)15(16)20/h1-4,6-8,12-13,18H,5H2/p-1/t7-,8+,12-,13-/m0/s1. The first-order valence-electron chi connectivity index (χ1n) is 7.00. The lowest BCUT2D eigenvalue weighted by Crippen LogP contribution is -2.33. The Labute approximate surface area is 125 Å². The van der Waals surface area contributed by atoms with Crippen molar-refractivity contribution >= 4 is 23.2 Å². The van der Waals surface area contributed by atoms with Gasteiger partial charge in [-0.25, -0.2) is 0 Å². The number of anilines is 1. The summed E-state index contributed by atoms with van der Waals surface area (Å²) in [4.78, 5) is 36.2. The highest BCUT2D eigenvalue weighted by atomic mass is 16.6. The highest BCUT2D eigenvalue weighted by Crippen LogP contribution is 2.53. The molecule has 1 aromatic rings. The molecule has 2 aliphatic carbocycles. The van der Waals surface area contributed by atoms with Crippen LogP contribution in [-0.4, -0.2) is 16.7 Å². The number of nitrogens with zero attached hydrogens (tertiary/aromatic N) is 2. The van der Waals surface area contributed by atoms with Crippen LogP contribution in [0.5, 0.6) is 5.75 Å². The summed E-state index contributed by atoms with van der Waals surface area (Å²) in [6.45, 7) is 0. The topological polar surface area (TPSA) is 104 Å². The molecule has 3 aliphatic rings. The van der Waals surface area contributed by atoms with Gasteiger partial charge in [-0.05, 0) is 18.3 Å². The lowest BCUT2D eigenvalue weighted by atomic mass is 9.85. The fraction of sp³-hybridized carbons (Fsp3) is 0.333. The highest BCUT2D eigenvalue weighted by Gasteiger charge is 2.59. The van der Waals surface area contributed by atoms with Crippen LogP contribution in [0.1, 0.15) is 6.42 Å². The lowest BCUT2D eigenvalue weighted by Gasteiger charge is -2.22. The number of hydrogen-bond donors (Lipinski definition) is 0. The fourth-order valence-corrected chi connectivity index (χ4v) is 3.93. The quantitative estimate of drug-likeness (QED) is 0.350. The van der Waals surface area contributed by atoms with E-state index in [9.17, 15) is 24.8 Å². The van der Waals surface area contributed by atoms with Crippen LogP contribution in [0.15, 0.2) is 30.4 Å². The average molecular weight is 299 g/mol. The molecule has 0 N–H and O–H groups in total. The number of non-ortho nitro benzene ring substituents is 1. The number of amides is 2. The van der Waals surface area contributed by atoms with Gasteiger partial charge in [0.2, 0.25) is 11.8 Å². The van der Waals surface area contributed by atoms with E-state index in [2.05, 4.69) is 0 Å². The van der Waals surface area contributed by atoms with Crippen LogP contribution < -0.4 is 10.0 Å². The van der Waals surface area contributed by atoms with Crippen molar-refractivity contribution in [3.63, 3.8) is 0 Å². The predicted octanol–water partition coefficient (Wildman–Crippen LogP) is 0.980. The number of benzene rings is 1. The summed E-state index contributed by atoms with van der Waals surface area (Å²) in [5.74, 6) is -2.18. The van der Waals surface area contributed by atoms with E-state index in [1.54, 1.807) is 0 Å². The van der Waals surface area contributed by atoms with Crippen molar-refractivity contribution in [2.24, 2.45) is 23.7 Å². The van der Waals surface area contributed by atoms with Crippen molar-refractivity contribution in [1.29, 1.82) is 0 Å². The third-order valence-corrected chi connectivity index (χ3v) is 4.86. The smallest absolute Gasteiger partial charge is 0.271 e. The van der Waals surface area contributed by atoms with Gasteiger partial charge in [0.1, 0.15) is 0 Å². The van der Waals surface area contributed by atoms with Crippen molar-refractivity contribution in [1.82, 2.24) is 0 Å². The summed E-state index contributed by atoms with van der Waals surface area (Å²) in [6, 6.07) is 3.10. The van der Waals surface area contributed by atoms with E-state index in [0.717, 1.165) is 29.5 Å². The SMILES string of the molecule is O=C1[C@@H]2[C@@H](C(=O)N1c1cc([N+](=O)[O-])ccc1[O-])[C@H]1C=C[C@@H]2C1. The monoisotopic (exact) mass is 299 g/mol. The van der Waals surface area contributed by atoms with Crippen molar-refractivity contribution in [3.05, 3.63) is 40.5 Å². The number of nitro groups is 1. The number of hydrogen-bond acceptors (Lipinski definition) is 5. The fourth-order valence-electron chi connectivity index (χ4n) is 3.93. The van der Waals surface area contributed by atoms with Crippen molar-refractivity contribution in [2.45, 2.75) is 6.42 Å². The van der Waals surface area contributed by atoms with Crippen LogP contribution in [0.25, 0.3) is 0 Å². The van der Waals surface area contributed by atoms with Gasteiger partial charge in [0.25, 0.3) is 5.69 Å². The zero-order valence-electron chi connectivity index (χ0n) is 11.3. The molecule has 0 unspecified atom stereocenters. The van der Waals surface area contributed by atoms with Gasteiger partial charge < -0.3 is 5.11 Å². The second-order valence-electron chi connectivity index (χ2n) is 5.92. The molecule has 0 aromatic heterocycles. The van der Waals surface area contributed by atoms with Crippen molar-refractivity contribution in [2.75, 3.05) is 4.90 Å². The van der Waals surface area contributed by atoms with Gasteiger partial charge in [0.15, 0.2) is 0 Å². The minimum absolute atomic E-state index is 0.0326. The van der Waals surface area contributed by atoms with E-state index in [-0.39, 0.29) is 23.2 Å². The molecular formula is C15H11N2O5-. The Kier molecular flexibility index (Phi) is 2.46.